The average Bonchev–Trinajstić information content (AvgIpc) is 2.88. The van der Waals surface area contributed by atoms with Gasteiger partial charge in [-0.3, -0.25) is 0 Å². The second-order valence-electron chi connectivity index (χ2n) is 5.02. The number of rotatable bonds is 1. The number of anilines is 1. The molecule has 0 amide bonds. The molecule has 2 saturated heterocycles. The van der Waals surface area contributed by atoms with E-state index >= 15 is 0 Å². The maximum atomic E-state index is 9.14. The first-order valence-corrected chi connectivity index (χ1v) is 6.11. The molecular formula is C13H16N4. The number of aromatic nitrogens is 1. The van der Waals surface area contributed by atoms with E-state index in [1.807, 2.05) is 19.1 Å². The van der Waals surface area contributed by atoms with Crippen molar-refractivity contribution in [3.8, 4) is 6.07 Å². The fourth-order valence-corrected chi connectivity index (χ4v) is 2.90. The van der Waals surface area contributed by atoms with Crippen LogP contribution in [-0.4, -0.2) is 31.2 Å². The second-order valence-corrected chi connectivity index (χ2v) is 5.02. The van der Waals surface area contributed by atoms with Crippen molar-refractivity contribution in [2.24, 2.45) is 11.8 Å². The summed E-state index contributed by atoms with van der Waals surface area (Å²) in [5, 5.41) is 12.6. The summed E-state index contributed by atoms with van der Waals surface area (Å²) in [6.45, 7) is 6.25. The molecule has 2 atom stereocenters. The Labute approximate surface area is 101 Å². The standard InChI is InChI=1S/C13H16N4/c1-9-2-3-10(4-14)13(16-9)17-7-11-5-15-6-12(11)8-17/h2-3,11-12,15H,5-8H2,1H3/t11-,12+. The van der Waals surface area contributed by atoms with Crippen molar-refractivity contribution in [3.63, 3.8) is 0 Å². The highest BCUT2D eigenvalue weighted by molar-refractivity contribution is 5.55. The summed E-state index contributed by atoms with van der Waals surface area (Å²) < 4.78 is 0. The maximum absolute atomic E-state index is 9.14. The van der Waals surface area contributed by atoms with E-state index in [0.29, 0.717) is 5.56 Å². The van der Waals surface area contributed by atoms with Crippen LogP contribution in [0, 0.1) is 30.1 Å². The van der Waals surface area contributed by atoms with E-state index in [1.54, 1.807) is 0 Å². The Morgan fingerprint density at radius 1 is 1.35 bits per heavy atom. The van der Waals surface area contributed by atoms with Gasteiger partial charge in [-0.25, -0.2) is 4.98 Å². The fourth-order valence-electron chi connectivity index (χ4n) is 2.90. The Hall–Kier alpha value is -1.60. The molecule has 0 unspecified atom stereocenters. The normalized spacial score (nSPS) is 26.9. The highest BCUT2D eigenvalue weighted by Crippen LogP contribution is 2.31. The van der Waals surface area contributed by atoms with E-state index in [1.165, 1.54) is 0 Å². The molecule has 3 heterocycles. The van der Waals surface area contributed by atoms with Gasteiger partial charge in [-0.2, -0.15) is 5.26 Å². The highest BCUT2D eigenvalue weighted by atomic mass is 15.2. The first-order valence-electron chi connectivity index (χ1n) is 6.11. The van der Waals surface area contributed by atoms with Gasteiger partial charge in [0.15, 0.2) is 0 Å². The van der Waals surface area contributed by atoms with Gasteiger partial charge in [0.1, 0.15) is 11.9 Å². The van der Waals surface area contributed by atoms with Gasteiger partial charge in [-0.05, 0) is 30.9 Å². The number of pyridine rings is 1. The number of hydrogen-bond acceptors (Lipinski definition) is 4. The van der Waals surface area contributed by atoms with E-state index in [4.69, 9.17) is 5.26 Å². The van der Waals surface area contributed by atoms with Crippen molar-refractivity contribution in [2.45, 2.75) is 6.92 Å². The van der Waals surface area contributed by atoms with Gasteiger partial charge in [0.25, 0.3) is 0 Å². The van der Waals surface area contributed by atoms with Crippen LogP contribution in [0.4, 0.5) is 5.82 Å². The maximum Gasteiger partial charge on any atom is 0.146 e. The number of nitrogens with zero attached hydrogens (tertiary/aromatic N) is 3. The lowest BCUT2D eigenvalue weighted by molar-refractivity contribution is 0.533. The van der Waals surface area contributed by atoms with Gasteiger partial charge in [-0.15, -0.1) is 0 Å². The zero-order valence-corrected chi connectivity index (χ0v) is 9.98. The third-order valence-corrected chi connectivity index (χ3v) is 3.82. The first kappa shape index (κ1) is 10.5. The van der Waals surface area contributed by atoms with Crippen LogP contribution in [-0.2, 0) is 0 Å². The lowest BCUT2D eigenvalue weighted by atomic mass is 10.0. The van der Waals surface area contributed by atoms with E-state index in [9.17, 15) is 0 Å². The monoisotopic (exact) mass is 228 g/mol. The summed E-state index contributed by atoms with van der Waals surface area (Å²) in [6, 6.07) is 6.03. The van der Waals surface area contributed by atoms with Crippen molar-refractivity contribution in [1.82, 2.24) is 10.3 Å². The SMILES string of the molecule is Cc1ccc(C#N)c(N2C[C@H]3CNC[C@H]3C2)n1. The summed E-state index contributed by atoms with van der Waals surface area (Å²) in [6.07, 6.45) is 0. The zero-order valence-electron chi connectivity index (χ0n) is 9.98. The largest absolute Gasteiger partial charge is 0.355 e. The molecule has 4 nitrogen and oxygen atoms in total. The average molecular weight is 228 g/mol. The fraction of sp³-hybridized carbons (Fsp3) is 0.538. The Kier molecular flexibility index (Phi) is 2.49. The molecule has 88 valence electrons. The minimum absolute atomic E-state index is 0.698. The van der Waals surface area contributed by atoms with Gasteiger partial charge < -0.3 is 10.2 Å². The van der Waals surface area contributed by atoms with Crippen molar-refractivity contribution in [1.29, 1.82) is 5.26 Å². The number of nitriles is 1. The van der Waals surface area contributed by atoms with E-state index in [2.05, 4.69) is 21.3 Å². The molecule has 3 rings (SSSR count). The molecule has 2 aliphatic rings. The number of hydrogen-bond donors (Lipinski definition) is 1. The van der Waals surface area contributed by atoms with Gasteiger partial charge in [-0.1, -0.05) is 0 Å². The topological polar surface area (TPSA) is 52.0 Å². The van der Waals surface area contributed by atoms with Crippen LogP contribution in [0.1, 0.15) is 11.3 Å². The Balaban J connectivity index is 1.90. The minimum Gasteiger partial charge on any atom is -0.355 e. The van der Waals surface area contributed by atoms with Gasteiger partial charge in [0.05, 0.1) is 5.56 Å². The van der Waals surface area contributed by atoms with Crippen LogP contribution >= 0.6 is 0 Å². The Morgan fingerprint density at radius 2 is 2.06 bits per heavy atom. The molecule has 0 radical (unpaired) electrons. The third-order valence-electron chi connectivity index (χ3n) is 3.82. The van der Waals surface area contributed by atoms with Gasteiger partial charge in [0, 0.05) is 31.9 Å². The molecule has 1 aromatic heterocycles. The van der Waals surface area contributed by atoms with E-state index in [0.717, 1.165) is 49.5 Å². The van der Waals surface area contributed by atoms with Crippen LogP contribution in [0.5, 0.6) is 0 Å². The summed E-state index contributed by atoms with van der Waals surface area (Å²) >= 11 is 0. The predicted molar refractivity (Wildman–Crippen MR) is 65.8 cm³/mol. The van der Waals surface area contributed by atoms with Crippen LogP contribution < -0.4 is 10.2 Å². The van der Waals surface area contributed by atoms with Crippen LogP contribution in [0.2, 0.25) is 0 Å². The second kappa shape index (κ2) is 4.01. The summed E-state index contributed by atoms with van der Waals surface area (Å²) in [7, 11) is 0. The van der Waals surface area contributed by atoms with Crippen LogP contribution in [0.25, 0.3) is 0 Å². The number of nitrogens with one attached hydrogen (secondary N) is 1. The summed E-state index contributed by atoms with van der Waals surface area (Å²) in [5.74, 6) is 2.33. The van der Waals surface area contributed by atoms with Crippen LogP contribution in [0.15, 0.2) is 12.1 Å². The molecule has 2 aliphatic heterocycles. The molecule has 4 heteroatoms. The molecule has 0 bridgehead atoms. The van der Waals surface area contributed by atoms with E-state index in [-0.39, 0.29) is 0 Å². The smallest absolute Gasteiger partial charge is 0.146 e. The lowest BCUT2D eigenvalue weighted by Crippen LogP contribution is -2.27. The summed E-state index contributed by atoms with van der Waals surface area (Å²) in [4.78, 5) is 6.82. The summed E-state index contributed by atoms with van der Waals surface area (Å²) in [5.41, 5.74) is 1.68. The van der Waals surface area contributed by atoms with Crippen molar-refractivity contribution < 1.29 is 0 Å². The van der Waals surface area contributed by atoms with Crippen molar-refractivity contribution in [2.75, 3.05) is 31.1 Å². The molecule has 1 N–H and O–H groups in total. The lowest BCUT2D eigenvalue weighted by Gasteiger charge is -2.20. The first-order chi connectivity index (χ1) is 8.28. The third kappa shape index (κ3) is 1.77. The number of aryl methyl sites for hydroxylation is 1. The van der Waals surface area contributed by atoms with Crippen molar-refractivity contribution in [3.05, 3.63) is 23.4 Å². The molecule has 0 aromatic carbocycles. The van der Waals surface area contributed by atoms with Crippen LogP contribution in [0.3, 0.4) is 0 Å². The molecule has 0 spiro atoms. The molecule has 0 saturated carbocycles. The quantitative estimate of drug-likeness (QED) is 0.776. The number of fused-ring (bicyclic) bond motifs is 1. The minimum atomic E-state index is 0.698. The molecule has 0 aliphatic carbocycles. The van der Waals surface area contributed by atoms with Crippen molar-refractivity contribution >= 4 is 5.82 Å². The highest BCUT2D eigenvalue weighted by Gasteiger charge is 2.37. The van der Waals surface area contributed by atoms with Gasteiger partial charge in [0.2, 0.25) is 0 Å². The van der Waals surface area contributed by atoms with E-state index < -0.39 is 0 Å². The molecule has 17 heavy (non-hydrogen) atoms. The Bertz CT molecular complexity index is 465. The molecule has 2 fully saturated rings. The van der Waals surface area contributed by atoms with Gasteiger partial charge >= 0.3 is 0 Å². The molecule has 1 aromatic rings. The zero-order chi connectivity index (χ0) is 11.8. The Morgan fingerprint density at radius 3 is 2.71 bits per heavy atom. The predicted octanol–water partition coefficient (Wildman–Crippen LogP) is 0.917. The molecular weight excluding hydrogens is 212 g/mol.